The maximum Gasteiger partial charge on any atom is 0.227 e. The SMILES string of the molecule is N#C/C(=C\C1CCC(N(C2CCCCC2)C2CCCCC2)CC1)C1=NC2CC(C3CCCCC3)CCC2O1. The van der Waals surface area contributed by atoms with E-state index in [2.05, 4.69) is 17.0 Å². The molecular weight excluding hydrogens is 466 g/mol. The van der Waals surface area contributed by atoms with Gasteiger partial charge in [0.2, 0.25) is 5.90 Å². The van der Waals surface area contributed by atoms with Crippen LogP contribution in [0.3, 0.4) is 0 Å². The Morgan fingerprint density at radius 3 is 1.87 bits per heavy atom. The third kappa shape index (κ3) is 6.19. The molecule has 0 amide bonds. The molecule has 5 saturated carbocycles. The third-order valence-electron chi connectivity index (χ3n) is 11.6. The van der Waals surface area contributed by atoms with E-state index < -0.39 is 0 Å². The van der Waals surface area contributed by atoms with Crippen LogP contribution in [0.25, 0.3) is 0 Å². The van der Waals surface area contributed by atoms with Gasteiger partial charge in [0.05, 0.1) is 6.04 Å². The Balaban J connectivity index is 1.07. The molecule has 38 heavy (non-hydrogen) atoms. The van der Waals surface area contributed by atoms with Gasteiger partial charge in [0, 0.05) is 18.1 Å². The molecule has 4 heteroatoms. The highest BCUT2D eigenvalue weighted by atomic mass is 16.5. The van der Waals surface area contributed by atoms with Gasteiger partial charge in [-0.1, -0.05) is 76.7 Å². The van der Waals surface area contributed by atoms with Gasteiger partial charge in [-0.05, 0) is 88.4 Å². The molecule has 5 fully saturated rings. The van der Waals surface area contributed by atoms with Crippen LogP contribution < -0.4 is 0 Å². The van der Waals surface area contributed by atoms with E-state index in [0.29, 0.717) is 11.8 Å². The van der Waals surface area contributed by atoms with Crippen molar-refractivity contribution in [2.75, 3.05) is 0 Å². The summed E-state index contributed by atoms with van der Waals surface area (Å²) in [4.78, 5) is 8.11. The monoisotopic (exact) mass is 519 g/mol. The predicted octanol–water partition coefficient (Wildman–Crippen LogP) is 8.51. The summed E-state index contributed by atoms with van der Waals surface area (Å²) >= 11 is 0. The van der Waals surface area contributed by atoms with Gasteiger partial charge < -0.3 is 4.74 Å². The number of rotatable bonds is 6. The zero-order valence-electron chi connectivity index (χ0n) is 24.0. The van der Waals surface area contributed by atoms with Crippen molar-refractivity contribution in [1.82, 2.24) is 4.90 Å². The summed E-state index contributed by atoms with van der Waals surface area (Å²) in [6, 6.07) is 5.23. The molecule has 0 N–H and O–H groups in total. The van der Waals surface area contributed by atoms with Crippen molar-refractivity contribution in [2.24, 2.45) is 22.7 Å². The van der Waals surface area contributed by atoms with E-state index in [-0.39, 0.29) is 12.1 Å². The van der Waals surface area contributed by atoms with Crippen LogP contribution in [0, 0.1) is 29.1 Å². The lowest BCUT2D eigenvalue weighted by molar-refractivity contribution is 0.0182. The van der Waals surface area contributed by atoms with E-state index in [1.165, 1.54) is 135 Å². The minimum absolute atomic E-state index is 0.219. The summed E-state index contributed by atoms with van der Waals surface area (Å²) in [5.41, 5.74) is 0.730. The zero-order valence-corrected chi connectivity index (χ0v) is 24.0. The molecule has 0 spiro atoms. The first-order valence-electron chi connectivity index (χ1n) is 16.9. The Labute approximate surface area is 232 Å². The van der Waals surface area contributed by atoms with Crippen LogP contribution in [0.1, 0.15) is 141 Å². The molecule has 3 atom stereocenters. The van der Waals surface area contributed by atoms with Crippen LogP contribution >= 0.6 is 0 Å². The molecular formula is C34H53N3O. The molecule has 6 aliphatic rings. The van der Waals surface area contributed by atoms with E-state index in [9.17, 15) is 5.26 Å². The lowest BCUT2D eigenvalue weighted by Gasteiger charge is -2.48. The summed E-state index contributed by atoms with van der Waals surface area (Å²) in [6.07, 6.45) is 32.6. The van der Waals surface area contributed by atoms with Gasteiger partial charge in [0.15, 0.2) is 0 Å². The van der Waals surface area contributed by atoms with Crippen LogP contribution in [-0.4, -0.2) is 41.1 Å². The molecule has 3 unspecified atom stereocenters. The van der Waals surface area contributed by atoms with Crippen molar-refractivity contribution >= 4 is 5.90 Å². The maximum atomic E-state index is 10.1. The predicted molar refractivity (Wildman–Crippen MR) is 155 cm³/mol. The Morgan fingerprint density at radius 2 is 1.26 bits per heavy atom. The van der Waals surface area contributed by atoms with Crippen molar-refractivity contribution in [3.63, 3.8) is 0 Å². The van der Waals surface area contributed by atoms with Crippen LogP contribution in [0.4, 0.5) is 0 Å². The smallest absolute Gasteiger partial charge is 0.227 e. The minimum Gasteiger partial charge on any atom is -0.471 e. The average Bonchev–Trinajstić information content (AvgIpc) is 3.42. The molecule has 0 bridgehead atoms. The molecule has 4 nitrogen and oxygen atoms in total. The van der Waals surface area contributed by atoms with E-state index in [4.69, 9.17) is 9.73 Å². The van der Waals surface area contributed by atoms with Gasteiger partial charge >= 0.3 is 0 Å². The second-order valence-corrected chi connectivity index (χ2v) is 13.9. The van der Waals surface area contributed by atoms with Gasteiger partial charge in [-0.3, -0.25) is 4.90 Å². The fraction of sp³-hybridized carbons (Fsp3) is 0.882. The highest BCUT2D eigenvalue weighted by Crippen LogP contribution is 2.42. The number of hydrogen-bond acceptors (Lipinski definition) is 4. The van der Waals surface area contributed by atoms with E-state index in [1.807, 2.05) is 0 Å². The molecule has 0 aromatic rings. The topological polar surface area (TPSA) is 48.6 Å². The molecule has 0 radical (unpaired) electrons. The number of fused-ring (bicyclic) bond motifs is 1. The van der Waals surface area contributed by atoms with Gasteiger partial charge in [-0.2, -0.15) is 5.26 Å². The maximum absolute atomic E-state index is 10.1. The highest BCUT2D eigenvalue weighted by molar-refractivity contribution is 5.98. The summed E-state index contributed by atoms with van der Waals surface area (Å²) in [5.74, 6) is 2.92. The molecule has 0 aromatic heterocycles. The number of nitriles is 1. The van der Waals surface area contributed by atoms with Crippen molar-refractivity contribution in [3.8, 4) is 6.07 Å². The summed E-state index contributed by atoms with van der Waals surface area (Å²) in [7, 11) is 0. The van der Waals surface area contributed by atoms with Gasteiger partial charge in [-0.15, -0.1) is 0 Å². The Bertz CT molecular complexity index is 845. The fourth-order valence-corrected chi connectivity index (χ4v) is 9.53. The summed E-state index contributed by atoms with van der Waals surface area (Å²) < 4.78 is 6.36. The average molecular weight is 520 g/mol. The molecule has 5 aliphatic carbocycles. The number of hydrogen-bond donors (Lipinski definition) is 0. The number of ether oxygens (including phenoxy) is 1. The van der Waals surface area contributed by atoms with Gasteiger partial charge in [0.1, 0.15) is 17.7 Å². The zero-order chi connectivity index (χ0) is 25.7. The first-order valence-corrected chi connectivity index (χ1v) is 16.9. The Hall–Kier alpha value is -1.34. The summed E-state index contributed by atoms with van der Waals surface area (Å²) in [5, 5.41) is 10.1. The standard InChI is InChI=1S/C34H53N3O/c35-24-28(34-36-32-23-27(18-21-33(32)38-34)26-10-4-1-5-11-26)22-25-16-19-31(20-17-25)37(29-12-6-2-7-13-29)30-14-8-3-9-15-30/h22,25-27,29-33H,1-21,23H2/b28-22+. The number of nitrogens with zero attached hydrogens (tertiary/aromatic N) is 3. The first-order chi connectivity index (χ1) is 18.8. The van der Waals surface area contributed by atoms with Gasteiger partial charge in [0.25, 0.3) is 0 Å². The number of allylic oxidation sites excluding steroid dienone is 1. The summed E-state index contributed by atoms with van der Waals surface area (Å²) in [6.45, 7) is 0. The number of aliphatic imine (C=N–C) groups is 1. The fourth-order valence-electron chi connectivity index (χ4n) is 9.53. The molecule has 210 valence electrons. The van der Waals surface area contributed by atoms with Crippen LogP contribution in [0.5, 0.6) is 0 Å². The van der Waals surface area contributed by atoms with Gasteiger partial charge in [-0.25, -0.2) is 4.99 Å². The van der Waals surface area contributed by atoms with Crippen molar-refractivity contribution in [1.29, 1.82) is 5.26 Å². The minimum atomic E-state index is 0.219. The van der Waals surface area contributed by atoms with Crippen LogP contribution in [0.2, 0.25) is 0 Å². The first kappa shape index (κ1) is 26.9. The van der Waals surface area contributed by atoms with Crippen LogP contribution in [0.15, 0.2) is 16.6 Å². The largest absolute Gasteiger partial charge is 0.471 e. The van der Waals surface area contributed by atoms with E-state index in [0.717, 1.165) is 42.0 Å². The second kappa shape index (κ2) is 12.9. The molecule has 0 saturated heterocycles. The van der Waals surface area contributed by atoms with E-state index in [1.54, 1.807) is 0 Å². The normalized spacial score (nSPS) is 36.4. The molecule has 6 rings (SSSR count). The quantitative estimate of drug-likeness (QED) is 0.330. The Kier molecular flexibility index (Phi) is 9.11. The lowest BCUT2D eigenvalue weighted by Crippen LogP contribution is -2.51. The van der Waals surface area contributed by atoms with Crippen molar-refractivity contribution in [2.45, 2.75) is 172 Å². The Morgan fingerprint density at radius 1 is 0.684 bits per heavy atom. The molecule has 0 aromatic carbocycles. The highest BCUT2D eigenvalue weighted by Gasteiger charge is 2.41. The van der Waals surface area contributed by atoms with Crippen molar-refractivity contribution < 1.29 is 4.74 Å². The lowest BCUT2D eigenvalue weighted by atomic mass is 9.71. The molecule has 1 aliphatic heterocycles. The second-order valence-electron chi connectivity index (χ2n) is 13.9. The third-order valence-corrected chi connectivity index (χ3v) is 11.6. The molecule has 1 heterocycles. The van der Waals surface area contributed by atoms with Crippen molar-refractivity contribution in [3.05, 3.63) is 11.6 Å². The van der Waals surface area contributed by atoms with Crippen LogP contribution in [-0.2, 0) is 4.74 Å². The van der Waals surface area contributed by atoms with E-state index >= 15 is 0 Å².